The van der Waals surface area contributed by atoms with Gasteiger partial charge in [0.15, 0.2) is 0 Å². The van der Waals surface area contributed by atoms with Crippen LogP contribution in [0.25, 0.3) is 0 Å². The monoisotopic (exact) mass is 577 g/mol. The lowest BCUT2D eigenvalue weighted by atomic mass is 9.87. The third-order valence-corrected chi connectivity index (χ3v) is 8.52. The van der Waals surface area contributed by atoms with Crippen LogP contribution in [0, 0.1) is 17.6 Å². The number of methoxy groups -OCH3 is 1. The molecule has 2 aromatic rings. The fraction of sp³-hybridized carbons (Fsp3) is 0.533. The van der Waals surface area contributed by atoms with Crippen LogP contribution in [-0.4, -0.2) is 89.1 Å². The molecule has 2 fully saturated rings. The average Bonchev–Trinajstić information content (AvgIpc) is 3.33. The number of amides is 1. The van der Waals surface area contributed by atoms with Crippen LogP contribution in [0.1, 0.15) is 44.7 Å². The summed E-state index contributed by atoms with van der Waals surface area (Å²) < 4.78 is 34.7. The maximum Gasteiger partial charge on any atom is 0.321 e. The van der Waals surface area contributed by atoms with Crippen molar-refractivity contribution in [2.45, 2.75) is 57.7 Å². The number of aliphatic carboxylic acids is 1. The zero-order valence-electron chi connectivity index (χ0n) is 23.7. The first-order chi connectivity index (χ1) is 18.8. The number of hydrogen-bond donors (Lipinski definition) is 1. The minimum absolute atomic E-state index is 0.00703. The zero-order valence-corrected chi connectivity index (χ0v) is 24.4. The highest BCUT2D eigenvalue weighted by Crippen LogP contribution is 2.39. The molecule has 40 heavy (non-hydrogen) atoms. The van der Waals surface area contributed by atoms with Crippen LogP contribution in [0.3, 0.4) is 0 Å². The van der Waals surface area contributed by atoms with Crippen LogP contribution in [-0.2, 0) is 16.0 Å². The molecule has 0 radical (unpaired) electrons. The van der Waals surface area contributed by atoms with E-state index in [2.05, 4.69) is 25.7 Å². The van der Waals surface area contributed by atoms with Crippen molar-refractivity contribution in [1.82, 2.24) is 14.7 Å². The van der Waals surface area contributed by atoms with Gasteiger partial charge < -0.3 is 14.7 Å². The number of benzene rings is 2. The van der Waals surface area contributed by atoms with Crippen molar-refractivity contribution in [1.29, 1.82) is 0 Å². The van der Waals surface area contributed by atoms with Gasteiger partial charge in [-0.15, -0.1) is 0 Å². The SMILES string of the molecule is COc1ccc(C[C@@H](C(=O)O)N2CCN(C(=O)[C@@H]3CN(C(C)(C)C)C[C@H]3c3ccc(Cl)cc3F)[C@@H](C)C2)c(F)c1. The standard InChI is InChI=1S/C30H38ClF2N3O4/c1-18-15-34(27(29(38)39)12-19-6-8-21(40-5)14-25(19)32)10-11-36(18)28(37)24-17-35(30(2,3)4)16-23(24)22-9-7-20(31)13-26(22)33/h6-9,13-14,18,23-24,27H,10-12,15-17H2,1-5H3,(H,38,39)/t18-,23-,24+,27-/m0/s1. The molecule has 2 heterocycles. The van der Waals surface area contributed by atoms with Gasteiger partial charge in [-0.05, 0) is 57.0 Å². The number of carbonyl (C=O) groups is 2. The van der Waals surface area contributed by atoms with E-state index in [0.29, 0.717) is 54.6 Å². The van der Waals surface area contributed by atoms with Gasteiger partial charge in [0.05, 0.1) is 13.0 Å². The van der Waals surface area contributed by atoms with E-state index in [1.165, 1.54) is 19.2 Å². The molecule has 4 rings (SSSR count). The van der Waals surface area contributed by atoms with Crippen molar-refractivity contribution in [3.8, 4) is 5.75 Å². The summed E-state index contributed by atoms with van der Waals surface area (Å²) in [5.41, 5.74) is 0.569. The number of rotatable bonds is 7. The van der Waals surface area contributed by atoms with Gasteiger partial charge in [-0.2, -0.15) is 0 Å². The van der Waals surface area contributed by atoms with Crippen molar-refractivity contribution in [3.05, 3.63) is 64.2 Å². The van der Waals surface area contributed by atoms with E-state index in [-0.39, 0.29) is 29.8 Å². The molecule has 2 aromatic carbocycles. The molecule has 0 aliphatic carbocycles. The van der Waals surface area contributed by atoms with Crippen LogP contribution in [0.5, 0.6) is 5.75 Å². The minimum Gasteiger partial charge on any atom is -0.497 e. The van der Waals surface area contributed by atoms with Gasteiger partial charge in [0.25, 0.3) is 0 Å². The highest BCUT2D eigenvalue weighted by molar-refractivity contribution is 6.30. The number of piperazine rings is 1. The summed E-state index contributed by atoms with van der Waals surface area (Å²) in [6.45, 7) is 10.2. The molecule has 0 unspecified atom stereocenters. The molecule has 0 spiro atoms. The number of hydrogen-bond acceptors (Lipinski definition) is 5. The fourth-order valence-electron chi connectivity index (χ4n) is 5.93. The molecule has 218 valence electrons. The Morgan fingerprint density at radius 2 is 1.80 bits per heavy atom. The second-order valence-electron chi connectivity index (χ2n) is 11.8. The van der Waals surface area contributed by atoms with Crippen molar-refractivity contribution < 1.29 is 28.2 Å². The summed E-state index contributed by atoms with van der Waals surface area (Å²) in [5, 5.41) is 10.3. The van der Waals surface area contributed by atoms with Gasteiger partial charge in [0.1, 0.15) is 23.4 Å². The highest BCUT2D eigenvalue weighted by Gasteiger charge is 2.46. The predicted octanol–water partition coefficient (Wildman–Crippen LogP) is 4.67. The topological polar surface area (TPSA) is 73.3 Å². The number of carboxylic acids is 1. The number of nitrogens with zero attached hydrogens (tertiary/aromatic N) is 3. The summed E-state index contributed by atoms with van der Waals surface area (Å²) in [7, 11) is 1.44. The van der Waals surface area contributed by atoms with E-state index in [4.69, 9.17) is 16.3 Å². The third kappa shape index (κ3) is 6.42. The summed E-state index contributed by atoms with van der Waals surface area (Å²) in [4.78, 5) is 32.0. The number of halogens is 3. The van der Waals surface area contributed by atoms with Crippen molar-refractivity contribution in [3.63, 3.8) is 0 Å². The normalized spacial score (nSPS) is 23.3. The van der Waals surface area contributed by atoms with Gasteiger partial charge in [-0.25, -0.2) is 8.78 Å². The number of carbonyl (C=O) groups excluding carboxylic acids is 1. The lowest BCUT2D eigenvalue weighted by Crippen LogP contribution is -2.59. The highest BCUT2D eigenvalue weighted by atomic mass is 35.5. The third-order valence-electron chi connectivity index (χ3n) is 8.29. The molecule has 2 saturated heterocycles. The Bertz CT molecular complexity index is 1250. The van der Waals surface area contributed by atoms with Gasteiger partial charge >= 0.3 is 5.97 Å². The summed E-state index contributed by atoms with van der Waals surface area (Å²) in [5.74, 6) is -2.46. The molecule has 2 aliphatic rings. The first-order valence-corrected chi connectivity index (χ1v) is 14.0. The Hall–Kier alpha value is -2.75. The van der Waals surface area contributed by atoms with E-state index < -0.39 is 29.6 Å². The summed E-state index contributed by atoms with van der Waals surface area (Å²) in [6.07, 6.45) is -0.00703. The molecular weight excluding hydrogens is 540 g/mol. The lowest BCUT2D eigenvalue weighted by Gasteiger charge is -2.43. The van der Waals surface area contributed by atoms with Crippen molar-refractivity contribution in [2.24, 2.45) is 5.92 Å². The Morgan fingerprint density at radius 1 is 1.07 bits per heavy atom. The predicted molar refractivity (Wildman–Crippen MR) is 150 cm³/mol. The van der Waals surface area contributed by atoms with Crippen LogP contribution in [0.4, 0.5) is 8.78 Å². The molecular formula is C30H38ClF2N3O4. The van der Waals surface area contributed by atoms with E-state index >= 15 is 4.39 Å². The van der Waals surface area contributed by atoms with Crippen molar-refractivity contribution >= 4 is 23.5 Å². The van der Waals surface area contributed by atoms with Gasteiger partial charge in [0.2, 0.25) is 5.91 Å². The van der Waals surface area contributed by atoms with Crippen LogP contribution >= 0.6 is 11.6 Å². The summed E-state index contributed by atoms with van der Waals surface area (Å²) >= 11 is 6.00. The first-order valence-electron chi connectivity index (χ1n) is 13.6. The average molecular weight is 578 g/mol. The molecule has 10 heteroatoms. The second-order valence-corrected chi connectivity index (χ2v) is 12.3. The van der Waals surface area contributed by atoms with E-state index in [9.17, 15) is 19.1 Å². The largest absolute Gasteiger partial charge is 0.497 e. The number of carboxylic acid groups (broad SMARTS) is 1. The van der Waals surface area contributed by atoms with E-state index in [0.717, 1.165) is 0 Å². The van der Waals surface area contributed by atoms with E-state index in [1.54, 1.807) is 34.1 Å². The van der Waals surface area contributed by atoms with Gasteiger partial charge in [0, 0.05) is 67.7 Å². The minimum atomic E-state index is -1.04. The summed E-state index contributed by atoms with van der Waals surface area (Å²) in [6, 6.07) is 7.80. The quantitative estimate of drug-likeness (QED) is 0.516. The molecule has 1 amide bonds. The number of ether oxygens (including phenoxy) is 1. The first kappa shape index (κ1) is 30.2. The lowest BCUT2D eigenvalue weighted by molar-refractivity contribution is -0.147. The van der Waals surface area contributed by atoms with Crippen molar-refractivity contribution in [2.75, 3.05) is 39.8 Å². The molecule has 0 bridgehead atoms. The van der Waals surface area contributed by atoms with E-state index in [1.807, 2.05) is 6.92 Å². The number of likely N-dealkylation sites (tertiary alicyclic amines) is 1. The molecule has 4 atom stereocenters. The maximum absolute atomic E-state index is 15.0. The van der Waals surface area contributed by atoms with Crippen LogP contribution in [0.2, 0.25) is 5.02 Å². The van der Waals surface area contributed by atoms with Gasteiger partial charge in [-0.1, -0.05) is 23.7 Å². The Balaban J connectivity index is 1.51. The van der Waals surface area contributed by atoms with Crippen LogP contribution in [0.15, 0.2) is 36.4 Å². The van der Waals surface area contributed by atoms with Gasteiger partial charge in [-0.3, -0.25) is 19.4 Å². The molecule has 7 nitrogen and oxygen atoms in total. The smallest absolute Gasteiger partial charge is 0.321 e. The molecule has 1 N–H and O–H groups in total. The molecule has 0 aromatic heterocycles. The Morgan fingerprint density at radius 3 is 2.38 bits per heavy atom. The Labute approximate surface area is 239 Å². The molecule has 0 saturated carbocycles. The second kappa shape index (κ2) is 12.0. The Kier molecular flexibility index (Phi) is 9.07. The van der Waals surface area contributed by atoms with Crippen LogP contribution < -0.4 is 4.74 Å². The zero-order chi connectivity index (χ0) is 29.4. The molecule has 2 aliphatic heterocycles. The maximum atomic E-state index is 15.0. The fourth-order valence-corrected chi connectivity index (χ4v) is 6.09.